The number of anilines is 2. The zero-order valence-corrected chi connectivity index (χ0v) is 27.5. The summed E-state index contributed by atoms with van der Waals surface area (Å²) in [5.41, 5.74) is 3.34. The number of aromatic nitrogens is 4. The minimum Gasteiger partial charge on any atom is -0.504 e. The van der Waals surface area contributed by atoms with Crippen LogP contribution in [0.25, 0.3) is 22.2 Å². The molecule has 3 aromatic heterocycles. The third-order valence-electron chi connectivity index (χ3n) is 9.90. The van der Waals surface area contributed by atoms with Crippen LogP contribution < -0.4 is 21.5 Å². The van der Waals surface area contributed by atoms with Gasteiger partial charge in [0.1, 0.15) is 28.9 Å². The lowest BCUT2D eigenvalue weighted by Crippen LogP contribution is -2.55. The quantitative estimate of drug-likeness (QED) is 0.234. The molecule has 49 heavy (non-hydrogen) atoms. The van der Waals surface area contributed by atoms with Gasteiger partial charge < -0.3 is 25.6 Å². The van der Waals surface area contributed by atoms with E-state index in [0.29, 0.717) is 49.5 Å². The van der Waals surface area contributed by atoms with Crippen molar-refractivity contribution in [3.05, 3.63) is 62.7 Å². The van der Waals surface area contributed by atoms with E-state index in [1.165, 1.54) is 34.2 Å². The Balaban J connectivity index is 1.21. The summed E-state index contributed by atoms with van der Waals surface area (Å²) in [5.74, 6) is -5.90. The van der Waals surface area contributed by atoms with Crippen molar-refractivity contribution in [1.82, 2.24) is 24.0 Å². The van der Waals surface area contributed by atoms with E-state index in [1.807, 2.05) is 11.8 Å². The van der Waals surface area contributed by atoms with E-state index in [1.54, 1.807) is 0 Å². The summed E-state index contributed by atoms with van der Waals surface area (Å²) in [5, 5.41) is 12.1. The Hall–Kier alpha value is -4.63. The number of primary amides is 1. The molecule has 0 spiro atoms. The lowest BCUT2D eigenvalue weighted by atomic mass is 10.0. The molecule has 12 nitrogen and oxygen atoms in total. The number of piperazine rings is 1. The number of rotatable bonds is 8. The Morgan fingerprint density at radius 2 is 1.88 bits per heavy atom. The molecule has 7 rings (SSSR count). The molecular formula is C33H34ClF3N8O4. The number of halogens is 4. The lowest BCUT2D eigenvalue weighted by molar-refractivity contribution is -0.116. The summed E-state index contributed by atoms with van der Waals surface area (Å²) in [6, 6.07) is 2.85. The fourth-order valence-electron chi connectivity index (χ4n) is 7.09. The summed E-state index contributed by atoms with van der Waals surface area (Å²) < 4.78 is 47.9. The van der Waals surface area contributed by atoms with E-state index in [9.17, 15) is 23.9 Å². The summed E-state index contributed by atoms with van der Waals surface area (Å²) in [6.45, 7) is 6.30. The van der Waals surface area contributed by atoms with E-state index < -0.39 is 63.4 Å². The molecule has 1 saturated carbocycles. The Morgan fingerprint density at radius 1 is 1.12 bits per heavy atom. The van der Waals surface area contributed by atoms with Crippen molar-refractivity contribution < 1.29 is 27.9 Å². The van der Waals surface area contributed by atoms with Gasteiger partial charge in [0, 0.05) is 68.1 Å². The van der Waals surface area contributed by atoms with Crippen LogP contribution in [0.15, 0.2) is 23.1 Å². The van der Waals surface area contributed by atoms with E-state index in [-0.39, 0.29) is 28.3 Å². The predicted octanol–water partition coefficient (Wildman–Crippen LogP) is 4.03. The van der Waals surface area contributed by atoms with Gasteiger partial charge in [-0.15, -0.1) is 0 Å². The lowest BCUT2D eigenvalue weighted by Gasteiger charge is -2.43. The largest absolute Gasteiger partial charge is 0.504 e. The number of nitrogens with one attached hydrogen (secondary N) is 1. The summed E-state index contributed by atoms with van der Waals surface area (Å²) in [6.07, 6.45) is 4.81. The number of nitrogens with zero attached hydrogens (tertiary/aromatic N) is 6. The summed E-state index contributed by atoms with van der Waals surface area (Å²) in [4.78, 5) is 52.1. The third kappa shape index (κ3) is 5.78. The van der Waals surface area contributed by atoms with Crippen LogP contribution in [0.2, 0.25) is 5.02 Å². The predicted molar refractivity (Wildman–Crippen MR) is 176 cm³/mol. The SMILES string of the molecule is CC1CN([C@@H](C)C2CC2)CCN1c1cc(NC(=O)Cn2cc(-c3cc(C(N)=O)c(O)c(F)c3F)c3c(=O)n4c(nc32)CCC4)c(Cl)c(F)n1. The zero-order chi connectivity index (χ0) is 34.9. The van der Waals surface area contributed by atoms with Crippen LogP contribution in [0.5, 0.6) is 5.75 Å². The number of nitrogens with two attached hydrogens (primary N) is 1. The number of hydrogen-bond acceptors (Lipinski definition) is 8. The van der Waals surface area contributed by atoms with Crippen LogP contribution in [-0.4, -0.2) is 72.6 Å². The fraction of sp³-hybridized carbons (Fsp3) is 0.424. The number of carbonyl (C=O) groups is 2. The van der Waals surface area contributed by atoms with Crippen LogP contribution in [0, 0.1) is 23.5 Å². The van der Waals surface area contributed by atoms with E-state index >= 15 is 8.78 Å². The van der Waals surface area contributed by atoms with Crippen molar-refractivity contribution in [3.63, 3.8) is 0 Å². The maximum Gasteiger partial charge on any atom is 0.263 e. The number of amides is 2. The highest BCUT2D eigenvalue weighted by Gasteiger charge is 2.36. The number of hydrogen-bond donors (Lipinski definition) is 3. The Bertz CT molecular complexity index is 2100. The summed E-state index contributed by atoms with van der Waals surface area (Å²) in [7, 11) is 0. The number of fused-ring (bicyclic) bond motifs is 2. The van der Waals surface area contributed by atoms with Crippen LogP contribution >= 0.6 is 11.6 Å². The van der Waals surface area contributed by atoms with Crippen LogP contribution in [0.4, 0.5) is 24.7 Å². The smallest absolute Gasteiger partial charge is 0.263 e. The topological polar surface area (TPSA) is 152 Å². The molecule has 4 N–H and O–H groups in total. The molecule has 2 atom stereocenters. The molecule has 258 valence electrons. The van der Waals surface area contributed by atoms with Gasteiger partial charge in [-0.3, -0.25) is 23.9 Å². The molecule has 3 aliphatic rings. The van der Waals surface area contributed by atoms with Gasteiger partial charge in [0.2, 0.25) is 17.7 Å². The first-order valence-corrected chi connectivity index (χ1v) is 16.5. The Labute approximate surface area is 283 Å². The number of pyridine rings is 1. The molecule has 1 unspecified atom stereocenters. The van der Waals surface area contributed by atoms with Crippen molar-refractivity contribution in [2.75, 3.05) is 29.9 Å². The molecule has 0 bridgehead atoms. The number of aromatic hydroxyl groups is 1. The Morgan fingerprint density at radius 3 is 2.57 bits per heavy atom. The highest BCUT2D eigenvalue weighted by atomic mass is 35.5. The normalized spacial score (nSPS) is 18.6. The minimum atomic E-state index is -1.72. The van der Waals surface area contributed by atoms with E-state index in [0.717, 1.165) is 19.2 Å². The standard InChI is InChI=1S/C33H34ClF3N8O4/c1-15-12-42(16(2)17-5-6-17)8-9-44(15)23-11-21(26(34)30(37)40-23)39-24(46)14-43-13-20(18-10-19(31(38)48)29(47)28(36)27(18)35)25-32(43)41-22-4-3-7-45(22)33(25)49/h10-11,13,15-17,47H,3-9,12,14H2,1-2H3,(H2,38,48)(H,39,40,46)/t15?,16-/m0/s1. The highest BCUT2D eigenvalue weighted by Crippen LogP contribution is 2.38. The van der Waals surface area contributed by atoms with Gasteiger partial charge in [0.05, 0.1) is 16.6 Å². The van der Waals surface area contributed by atoms with Gasteiger partial charge in [-0.2, -0.15) is 8.78 Å². The van der Waals surface area contributed by atoms with E-state index in [4.69, 9.17) is 17.3 Å². The van der Waals surface area contributed by atoms with Gasteiger partial charge in [0.15, 0.2) is 11.6 Å². The second kappa shape index (κ2) is 12.4. The third-order valence-corrected chi connectivity index (χ3v) is 10.3. The maximum absolute atomic E-state index is 15.3. The number of carbonyl (C=O) groups excluding carboxylic acids is 2. The summed E-state index contributed by atoms with van der Waals surface area (Å²) >= 11 is 6.27. The number of phenols is 1. The molecule has 1 aliphatic carbocycles. The fourth-order valence-corrected chi connectivity index (χ4v) is 7.24. The molecule has 4 aromatic rings. The molecule has 2 fully saturated rings. The minimum absolute atomic E-state index is 0.0108. The van der Waals surface area contributed by atoms with Crippen molar-refractivity contribution in [2.24, 2.45) is 11.7 Å². The van der Waals surface area contributed by atoms with Crippen molar-refractivity contribution in [1.29, 1.82) is 0 Å². The molecule has 1 saturated heterocycles. The van der Waals surface area contributed by atoms with Crippen LogP contribution in [0.1, 0.15) is 49.3 Å². The first kappa shape index (κ1) is 32.9. The molecule has 2 amide bonds. The average molecular weight is 699 g/mol. The van der Waals surface area contributed by atoms with Gasteiger partial charge >= 0.3 is 0 Å². The maximum atomic E-state index is 15.3. The highest BCUT2D eigenvalue weighted by molar-refractivity contribution is 6.33. The second-order valence-corrected chi connectivity index (χ2v) is 13.4. The average Bonchev–Trinajstić information content (AvgIpc) is 3.70. The van der Waals surface area contributed by atoms with Gasteiger partial charge in [-0.05, 0) is 45.1 Å². The molecule has 5 heterocycles. The molecule has 16 heteroatoms. The van der Waals surface area contributed by atoms with Crippen molar-refractivity contribution in [3.8, 4) is 16.9 Å². The molecule has 2 aliphatic heterocycles. The number of benzene rings is 1. The van der Waals surface area contributed by atoms with Gasteiger partial charge in [-0.25, -0.2) is 14.4 Å². The molecule has 0 radical (unpaired) electrons. The molecular weight excluding hydrogens is 665 g/mol. The molecule has 1 aromatic carbocycles. The van der Waals surface area contributed by atoms with Crippen LogP contribution in [-0.2, 0) is 24.3 Å². The van der Waals surface area contributed by atoms with E-state index in [2.05, 4.69) is 27.1 Å². The van der Waals surface area contributed by atoms with Crippen molar-refractivity contribution in [2.45, 2.75) is 64.7 Å². The van der Waals surface area contributed by atoms with Gasteiger partial charge in [-0.1, -0.05) is 11.6 Å². The van der Waals surface area contributed by atoms with Crippen LogP contribution in [0.3, 0.4) is 0 Å². The zero-order valence-electron chi connectivity index (χ0n) is 26.8. The Kier molecular flexibility index (Phi) is 8.30. The first-order chi connectivity index (χ1) is 23.3. The monoisotopic (exact) mass is 698 g/mol. The second-order valence-electron chi connectivity index (χ2n) is 13.1. The number of aryl methyl sites for hydroxylation is 1. The first-order valence-electron chi connectivity index (χ1n) is 16.1. The van der Waals surface area contributed by atoms with Gasteiger partial charge in [0.25, 0.3) is 11.5 Å². The van der Waals surface area contributed by atoms with Crippen molar-refractivity contribution >= 4 is 46.0 Å².